The monoisotopic (exact) mass is 296 g/mol. The van der Waals surface area contributed by atoms with Crippen molar-refractivity contribution in [2.24, 2.45) is 7.05 Å². The van der Waals surface area contributed by atoms with E-state index >= 15 is 0 Å². The molecule has 5 nitrogen and oxygen atoms in total. The lowest BCUT2D eigenvalue weighted by Gasteiger charge is -2.18. The van der Waals surface area contributed by atoms with Crippen molar-refractivity contribution in [2.45, 2.75) is 13.3 Å². The molecular weight excluding hydrogens is 276 g/mol. The molecule has 114 valence electrons. The van der Waals surface area contributed by atoms with Gasteiger partial charge in [-0.15, -0.1) is 0 Å². The first kappa shape index (κ1) is 14.4. The van der Waals surface area contributed by atoms with Gasteiger partial charge in [-0.2, -0.15) is 0 Å². The number of hydrogen-bond acceptors (Lipinski definition) is 4. The second-order valence-electron chi connectivity index (χ2n) is 5.29. The van der Waals surface area contributed by atoms with Gasteiger partial charge >= 0.3 is 0 Å². The smallest absolute Gasteiger partial charge is 0.134 e. The summed E-state index contributed by atoms with van der Waals surface area (Å²) in [6.45, 7) is 2.84. The molecule has 0 aliphatic carbocycles. The van der Waals surface area contributed by atoms with Gasteiger partial charge in [0.15, 0.2) is 0 Å². The van der Waals surface area contributed by atoms with Crippen molar-refractivity contribution in [1.82, 2.24) is 14.5 Å². The van der Waals surface area contributed by atoms with Crippen LogP contribution in [-0.2, 0) is 7.05 Å². The third-order valence-electron chi connectivity index (χ3n) is 3.64. The van der Waals surface area contributed by atoms with Crippen molar-refractivity contribution in [3.8, 4) is 5.75 Å². The number of rotatable bonds is 5. The van der Waals surface area contributed by atoms with Crippen LogP contribution in [0, 0.1) is 0 Å². The molecule has 0 fully saturated rings. The van der Waals surface area contributed by atoms with E-state index < -0.39 is 0 Å². The first-order valence-electron chi connectivity index (χ1n) is 7.42. The molecule has 0 saturated heterocycles. The SMILES string of the molecule is CCCOc1ccc(N(C)c2cc3c(cn2)ncn3C)cc1. The lowest BCUT2D eigenvalue weighted by molar-refractivity contribution is 0.317. The van der Waals surface area contributed by atoms with Crippen molar-refractivity contribution in [3.05, 3.63) is 42.9 Å². The van der Waals surface area contributed by atoms with Gasteiger partial charge in [0, 0.05) is 25.8 Å². The highest BCUT2D eigenvalue weighted by Crippen LogP contribution is 2.26. The van der Waals surface area contributed by atoms with Crippen molar-refractivity contribution < 1.29 is 4.74 Å². The Kier molecular flexibility index (Phi) is 3.96. The number of nitrogens with zero attached hydrogens (tertiary/aromatic N) is 4. The third-order valence-corrected chi connectivity index (χ3v) is 3.64. The average molecular weight is 296 g/mol. The lowest BCUT2D eigenvalue weighted by Crippen LogP contribution is -2.11. The number of ether oxygens (including phenoxy) is 1. The maximum absolute atomic E-state index is 5.61. The zero-order valence-corrected chi connectivity index (χ0v) is 13.2. The Morgan fingerprint density at radius 3 is 2.68 bits per heavy atom. The van der Waals surface area contributed by atoms with Crippen molar-refractivity contribution >= 4 is 22.5 Å². The molecule has 2 aromatic heterocycles. The second-order valence-corrected chi connectivity index (χ2v) is 5.29. The standard InChI is InChI=1S/C17H20N4O/c1-4-9-22-14-7-5-13(6-8-14)21(3)17-10-16-15(11-18-17)19-12-20(16)2/h5-8,10-12H,4,9H2,1-3H3. The van der Waals surface area contributed by atoms with Crippen LogP contribution >= 0.6 is 0 Å². The molecule has 0 amide bonds. The Morgan fingerprint density at radius 2 is 1.95 bits per heavy atom. The molecule has 0 aliphatic rings. The largest absolute Gasteiger partial charge is 0.494 e. The Morgan fingerprint density at radius 1 is 1.18 bits per heavy atom. The molecule has 3 rings (SSSR count). The van der Waals surface area contributed by atoms with E-state index in [4.69, 9.17) is 4.74 Å². The quantitative estimate of drug-likeness (QED) is 0.722. The van der Waals surface area contributed by atoms with Crippen LogP contribution < -0.4 is 9.64 Å². The molecule has 5 heteroatoms. The highest BCUT2D eigenvalue weighted by atomic mass is 16.5. The Hall–Kier alpha value is -2.56. The number of aromatic nitrogens is 3. The summed E-state index contributed by atoms with van der Waals surface area (Å²) in [5.41, 5.74) is 3.04. The summed E-state index contributed by atoms with van der Waals surface area (Å²) in [6.07, 6.45) is 4.62. The molecular formula is C17H20N4O. The molecule has 0 aliphatic heterocycles. The summed E-state index contributed by atoms with van der Waals surface area (Å²) in [7, 11) is 3.99. The zero-order chi connectivity index (χ0) is 15.5. The van der Waals surface area contributed by atoms with Crippen molar-refractivity contribution in [2.75, 3.05) is 18.6 Å². The molecule has 3 aromatic rings. The fourth-order valence-corrected chi connectivity index (χ4v) is 2.32. The number of benzene rings is 1. The van der Waals surface area contributed by atoms with Gasteiger partial charge in [0.2, 0.25) is 0 Å². The number of imidazole rings is 1. The van der Waals surface area contributed by atoms with E-state index in [1.54, 1.807) is 12.5 Å². The summed E-state index contributed by atoms with van der Waals surface area (Å²) in [5.74, 6) is 1.78. The van der Waals surface area contributed by atoms with E-state index in [1.807, 2.05) is 49.0 Å². The zero-order valence-electron chi connectivity index (χ0n) is 13.2. The number of fused-ring (bicyclic) bond motifs is 1. The van der Waals surface area contributed by atoms with Crippen molar-refractivity contribution in [1.29, 1.82) is 0 Å². The maximum atomic E-state index is 5.61. The molecule has 0 atom stereocenters. The predicted molar refractivity (Wildman–Crippen MR) is 88.8 cm³/mol. The fraction of sp³-hybridized carbons (Fsp3) is 0.294. The molecule has 0 spiro atoms. The minimum absolute atomic E-state index is 0.744. The van der Waals surface area contributed by atoms with Gasteiger partial charge in [0.1, 0.15) is 17.1 Å². The average Bonchev–Trinajstić information content (AvgIpc) is 2.93. The number of hydrogen-bond donors (Lipinski definition) is 0. The van der Waals surface area contributed by atoms with E-state index in [9.17, 15) is 0 Å². The highest BCUT2D eigenvalue weighted by Gasteiger charge is 2.08. The molecule has 22 heavy (non-hydrogen) atoms. The maximum Gasteiger partial charge on any atom is 0.134 e. The highest BCUT2D eigenvalue weighted by molar-refractivity contribution is 5.78. The number of aryl methyl sites for hydroxylation is 1. The third kappa shape index (κ3) is 2.74. The molecule has 1 aromatic carbocycles. The molecule has 0 N–H and O–H groups in total. The van der Waals surface area contributed by atoms with Gasteiger partial charge in [-0.1, -0.05) is 6.92 Å². The van der Waals surface area contributed by atoms with Crippen LogP contribution in [0.15, 0.2) is 42.9 Å². The Labute approximate surface area is 130 Å². The Bertz CT molecular complexity index is 764. The van der Waals surface area contributed by atoms with Gasteiger partial charge in [-0.3, -0.25) is 0 Å². The second kappa shape index (κ2) is 6.05. The van der Waals surface area contributed by atoms with Gasteiger partial charge in [0.05, 0.1) is 24.6 Å². The predicted octanol–water partition coefficient (Wildman–Crippen LogP) is 3.53. The summed E-state index contributed by atoms with van der Waals surface area (Å²) >= 11 is 0. The van der Waals surface area contributed by atoms with Crippen LogP contribution in [0.3, 0.4) is 0 Å². The van der Waals surface area contributed by atoms with Crippen molar-refractivity contribution in [3.63, 3.8) is 0 Å². The normalized spacial score (nSPS) is 10.9. The van der Waals surface area contributed by atoms with Crippen LogP contribution in [0.4, 0.5) is 11.5 Å². The van der Waals surface area contributed by atoms with E-state index in [0.29, 0.717) is 0 Å². The molecule has 2 heterocycles. The number of pyridine rings is 1. The van der Waals surface area contributed by atoms with Gasteiger partial charge in [-0.05, 0) is 30.7 Å². The fourth-order valence-electron chi connectivity index (χ4n) is 2.32. The van der Waals surface area contributed by atoms with Gasteiger partial charge < -0.3 is 14.2 Å². The topological polar surface area (TPSA) is 43.2 Å². The van der Waals surface area contributed by atoms with Crippen LogP contribution in [0.5, 0.6) is 5.75 Å². The van der Waals surface area contributed by atoms with E-state index in [0.717, 1.165) is 41.3 Å². The molecule has 0 radical (unpaired) electrons. The molecule has 0 bridgehead atoms. The van der Waals surface area contributed by atoms with Crippen LogP contribution in [0.25, 0.3) is 11.0 Å². The minimum atomic E-state index is 0.744. The van der Waals surface area contributed by atoms with E-state index in [1.165, 1.54) is 0 Å². The van der Waals surface area contributed by atoms with Crippen LogP contribution in [0.1, 0.15) is 13.3 Å². The lowest BCUT2D eigenvalue weighted by atomic mass is 10.2. The Balaban J connectivity index is 1.84. The number of anilines is 2. The first-order chi connectivity index (χ1) is 10.7. The molecule has 0 saturated carbocycles. The van der Waals surface area contributed by atoms with E-state index in [2.05, 4.69) is 21.8 Å². The summed E-state index contributed by atoms with van der Waals surface area (Å²) in [5, 5.41) is 0. The van der Waals surface area contributed by atoms with Gasteiger partial charge in [0.25, 0.3) is 0 Å². The molecule has 0 unspecified atom stereocenters. The summed E-state index contributed by atoms with van der Waals surface area (Å²) in [4.78, 5) is 10.8. The van der Waals surface area contributed by atoms with Crippen LogP contribution in [-0.4, -0.2) is 28.2 Å². The summed E-state index contributed by atoms with van der Waals surface area (Å²) in [6, 6.07) is 10.1. The van der Waals surface area contributed by atoms with Crippen LogP contribution in [0.2, 0.25) is 0 Å². The minimum Gasteiger partial charge on any atom is -0.494 e. The first-order valence-corrected chi connectivity index (χ1v) is 7.42. The summed E-state index contributed by atoms with van der Waals surface area (Å²) < 4.78 is 7.61. The van der Waals surface area contributed by atoms with Gasteiger partial charge in [-0.25, -0.2) is 9.97 Å². The van der Waals surface area contributed by atoms with E-state index in [-0.39, 0.29) is 0 Å².